The number of carbonyl (C=O) groups is 1. The van der Waals surface area contributed by atoms with E-state index in [9.17, 15) is 14.9 Å². The standard InChI is InChI=1S/C14H19N3O4/c1-3-10(8-9-4-5-9)15-13-12(17(19)20)7-6-11(16-13)14(18)21-2/h6-7,9-10H,3-5,8H2,1-2H3,(H,15,16). The second-order valence-corrected chi connectivity index (χ2v) is 5.24. The molecule has 1 heterocycles. The molecule has 1 atom stereocenters. The topological polar surface area (TPSA) is 94.4 Å². The lowest BCUT2D eigenvalue weighted by molar-refractivity contribution is -0.384. The molecule has 0 radical (unpaired) electrons. The molecule has 0 amide bonds. The quantitative estimate of drug-likeness (QED) is 0.472. The van der Waals surface area contributed by atoms with Crippen molar-refractivity contribution in [2.75, 3.05) is 12.4 Å². The number of hydrogen-bond acceptors (Lipinski definition) is 6. The first-order valence-electron chi connectivity index (χ1n) is 7.05. The Morgan fingerprint density at radius 1 is 1.57 bits per heavy atom. The van der Waals surface area contributed by atoms with Gasteiger partial charge in [0.25, 0.3) is 0 Å². The third kappa shape index (κ3) is 3.90. The SMILES string of the molecule is CCC(CC1CC1)Nc1nc(C(=O)OC)ccc1[N+](=O)[O-]. The summed E-state index contributed by atoms with van der Waals surface area (Å²) < 4.78 is 4.60. The van der Waals surface area contributed by atoms with Crippen LogP contribution in [0.5, 0.6) is 0 Å². The molecule has 0 spiro atoms. The molecule has 0 aliphatic heterocycles. The smallest absolute Gasteiger partial charge is 0.356 e. The number of nitro groups is 1. The van der Waals surface area contributed by atoms with Gasteiger partial charge in [-0.15, -0.1) is 0 Å². The number of pyridine rings is 1. The van der Waals surface area contributed by atoms with Crippen molar-refractivity contribution in [2.45, 2.75) is 38.6 Å². The van der Waals surface area contributed by atoms with E-state index in [-0.39, 0.29) is 23.2 Å². The van der Waals surface area contributed by atoms with Gasteiger partial charge in [-0.3, -0.25) is 10.1 Å². The minimum atomic E-state index is -0.608. The van der Waals surface area contributed by atoms with E-state index in [4.69, 9.17) is 0 Å². The molecule has 1 fully saturated rings. The Balaban J connectivity index is 2.23. The highest BCUT2D eigenvalue weighted by Crippen LogP contribution is 2.35. The van der Waals surface area contributed by atoms with Crippen LogP contribution in [0.1, 0.15) is 43.1 Å². The van der Waals surface area contributed by atoms with Gasteiger partial charge in [-0.05, 0) is 24.8 Å². The molecule has 0 aromatic carbocycles. The van der Waals surface area contributed by atoms with Gasteiger partial charge in [0.2, 0.25) is 5.82 Å². The Morgan fingerprint density at radius 2 is 2.29 bits per heavy atom. The van der Waals surface area contributed by atoms with Crippen molar-refractivity contribution in [3.05, 3.63) is 27.9 Å². The highest BCUT2D eigenvalue weighted by atomic mass is 16.6. The minimum absolute atomic E-state index is 0.0619. The van der Waals surface area contributed by atoms with Gasteiger partial charge in [0.1, 0.15) is 0 Å². The summed E-state index contributed by atoms with van der Waals surface area (Å²) in [5, 5.41) is 14.2. The molecule has 7 nitrogen and oxygen atoms in total. The molecule has 1 aromatic rings. The van der Waals surface area contributed by atoms with Crippen molar-refractivity contribution >= 4 is 17.5 Å². The zero-order valence-electron chi connectivity index (χ0n) is 12.2. The fourth-order valence-corrected chi connectivity index (χ4v) is 2.20. The number of rotatable bonds is 7. The lowest BCUT2D eigenvalue weighted by Crippen LogP contribution is -2.21. The maximum Gasteiger partial charge on any atom is 0.356 e. The second-order valence-electron chi connectivity index (χ2n) is 5.24. The molecule has 21 heavy (non-hydrogen) atoms. The van der Waals surface area contributed by atoms with E-state index in [0.29, 0.717) is 5.92 Å². The van der Waals surface area contributed by atoms with Gasteiger partial charge in [-0.1, -0.05) is 19.8 Å². The summed E-state index contributed by atoms with van der Waals surface area (Å²) in [4.78, 5) is 26.1. The average Bonchev–Trinajstić information content (AvgIpc) is 3.29. The first-order chi connectivity index (χ1) is 10.0. The lowest BCUT2D eigenvalue weighted by atomic mass is 10.1. The molecular formula is C14H19N3O4. The molecule has 0 saturated heterocycles. The predicted octanol–water partition coefficient (Wildman–Crippen LogP) is 2.77. The Kier molecular flexibility index (Phi) is 4.72. The van der Waals surface area contributed by atoms with E-state index >= 15 is 0 Å². The van der Waals surface area contributed by atoms with Gasteiger partial charge >= 0.3 is 11.7 Å². The molecule has 0 bridgehead atoms. The van der Waals surface area contributed by atoms with Gasteiger partial charge in [0, 0.05) is 12.1 Å². The molecule has 2 rings (SSSR count). The van der Waals surface area contributed by atoms with Crippen LogP contribution in [-0.4, -0.2) is 29.0 Å². The number of aromatic nitrogens is 1. The fourth-order valence-electron chi connectivity index (χ4n) is 2.20. The summed E-state index contributed by atoms with van der Waals surface area (Å²) in [5.74, 6) is 0.226. The van der Waals surface area contributed by atoms with Crippen LogP contribution in [0.4, 0.5) is 11.5 Å². The van der Waals surface area contributed by atoms with Crippen molar-refractivity contribution < 1.29 is 14.5 Å². The number of ether oxygens (including phenoxy) is 1. The monoisotopic (exact) mass is 293 g/mol. The zero-order chi connectivity index (χ0) is 15.4. The van der Waals surface area contributed by atoms with Crippen LogP contribution in [0.25, 0.3) is 0 Å². The van der Waals surface area contributed by atoms with Crippen molar-refractivity contribution in [3.63, 3.8) is 0 Å². The molecule has 114 valence electrons. The third-order valence-electron chi connectivity index (χ3n) is 3.61. The normalized spacial score (nSPS) is 15.3. The number of nitrogens with one attached hydrogen (secondary N) is 1. The summed E-state index contributed by atoms with van der Waals surface area (Å²) in [6.07, 6.45) is 4.25. The fraction of sp³-hybridized carbons (Fsp3) is 0.571. The number of hydrogen-bond donors (Lipinski definition) is 1. The van der Waals surface area contributed by atoms with Crippen molar-refractivity contribution in [1.29, 1.82) is 0 Å². The van der Waals surface area contributed by atoms with Crippen molar-refractivity contribution in [2.24, 2.45) is 5.92 Å². The Bertz CT molecular complexity index is 543. The van der Waals surface area contributed by atoms with Gasteiger partial charge in [-0.2, -0.15) is 0 Å². The highest BCUT2D eigenvalue weighted by molar-refractivity contribution is 5.88. The van der Waals surface area contributed by atoms with E-state index in [1.165, 1.54) is 32.1 Å². The summed E-state index contributed by atoms with van der Waals surface area (Å²) in [5.41, 5.74) is -0.0659. The minimum Gasteiger partial charge on any atom is -0.464 e. The molecule has 1 N–H and O–H groups in total. The van der Waals surface area contributed by atoms with Crippen LogP contribution in [0, 0.1) is 16.0 Å². The first kappa shape index (κ1) is 15.2. The molecule has 1 aromatic heterocycles. The highest BCUT2D eigenvalue weighted by Gasteiger charge is 2.27. The Morgan fingerprint density at radius 3 is 2.81 bits per heavy atom. The Hall–Kier alpha value is -2.18. The van der Waals surface area contributed by atoms with Crippen LogP contribution in [0.2, 0.25) is 0 Å². The van der Waals surface area contributed by atoms with E-state index in [1.54, 1.807) is 0 Å². The maximum absolute atomic E-state index is 11.5. The zero-order valence-corrected chi connectivity index (χ0v) is 12.2. The van der Waals surface area contributed by atoms with Gasteiger partial charge in [-0.25, -0.2) is 9.78 Å². The molecule has 1 saturated carbocycles. The van der Waals surface area contributed by atoms with Crippen molar-refractivity contribution in [3.8, 4) is 0 Å². The largest absolute Gasteiger partial charge is 0.464 e. The number of anilines is 1. The summed E-state index contributed by atoms with van der Waals surface area (Å²) >= 11 is 0. The van der Waals surface area contributed by atoms with Crippen LogP contribution in [-0.2, 0) is 4.74 Å². The number of esters is 1. The van der Waals surface area contributed by atoms with Crippen molar-refractivity contribution in [1.82, 2.24) is 4.98 Å². The van der Waals surface area contributed by atoms with Crippen LogP contribution >= 0.6 is 0 Å². The van der Waals surface area contributed by atoms with Crippen LogP contribution in [0.3, 0.4) is 0 Å². The Labute approximate surface area is 122 Å². The summed E-state index contributed by atoms with van der Waals surface area (Å²) in [6, 6.07) is 2.71. The van der Waals surface area contributed by atoms with E-state index in [1.807, 2.05) is 6.92 Å². The van der Waals surface area contributed by atoms with Crippen LogP contribution in [0.15, 0.2) is 12.1 Å². The average molecular weight is 293 g/mol. The predicted molar refractivity (Wildman–Crippen MR) is 77.3 cm³/mol. The van der Waals surface area contributed by atoms with Gasteiger partial charge in [0.05, 0.1) is 12.0 Å². The van der Waals surface area contributed by atoms with E-state index < -0.39 is 10.9 Å². The molecular weight excluding hydrogens is 274 g/mol. The van der Waals surface area contributed by atoms with E-state index in [2.05, 4.69) is 15.0 Å². The first-order valence-corrected chi connectivity index (χ1v) is 7.05. The third-order valence-corrected chi connectivity index (χ3v) is 3.61. The molecule has 1 unspecified atom stereocenters. The van der Waals surface area contributed by atoms with Crippen LogP contribution < -0.4 is 5.32 Å². The van der Waals surface area contributed by atoms with Gasteiger partial charge in [0.15, 0.2) is 5.69 Å². The molecule has 7 heteroatoms. The van der Waals surface area contributed by atoms with Gasteiger partial charge < -0.3 is 10.1 Å². The second kappa shape index (κ2) is 6.51. The van der Waals surface area contributed by atoms with E-state index in [0.717, 1.165) is 12.8 Å². The number of carbonyl (C=O) groups excluding carboxylic acids is 1. The molecule has 1 aliphatic rings. The summed E-state index contributed by atoms with van der Waals surface area (Å²) in [6.45, 7) is 2.02. The molecule has 1 aliphatic carbocycles. The lowest BCUT2D eigenvalue weighted by Gasteiger charge is -2.17. The summed E-state index contributed by atoms with van der Waals surface area (Å²) in [7, 11) is 1.25. The number of nitrogens with zero attached hydrogens (tertiary/aromatic N) is 2. The number of methoxy groups -OCH3 is 1. The maximum atomic E-state index is 11.5.